The van der Waals surface area contributed by atoms with Crippen molar-refractivity contribution >= 4 is 0 Å². The molecule has 0 heterocycles. The van der Waals surface area contributed by atoms with Crippen molar-refractivity contribution in [3.8, 4) is 11.8 Å². The maximum atomic E-state index is 12.0. The summed E-state index contributed by atoms with van der Waals surface area (Å²) in [5.74, 6) is -0.357. The van der Waals surface area contributed by atoms with Crippen molar-refractivity contribution in [1.82, 2.24) is 5.32 Å². The second-order valence-electron chi connectivity index (χ2n) is 4.28. The van der Waals surface area contributed by atoms with Crippen molar-refractivity contribution in [2.75, 3.05) is 6.54 Å². The maximum Gasteiger partial charge on any atom is 0.573 e. The Bertz CT molecular complexity index is 437. The minimum Gasteiger partial charge on any atom is -0.406 e. The fourth-order valence-corrected chi connectivity index (χ4v) is 1.48. The van der Waals surface area contributed by atoms with E-state index in [1.54, 1.807) is 19.1 Å². The van der Waals surface area contributed by atoms with Gasteiger partial charge in [-0.3, -0.25) is 0 Å². The molecule has 1 N–H and O–H groups in total. The number of hydrogen-bond acceptors (Lipinski definition) is 3. The molecule has 19 heavy (non-hydrogen) atoms. The zero-order chi connectivity index (χ0) is 14.5. The molecule has 104 valence electrons. The predicted octanol–water partition coefficient (Wildman–Crippen LogP) is 3.40. The number of alkyl halides is 3. The normalized spacial score (nSPS) is 14.5. The molecule has 0 aliphatic heterocycles. The summed E-state index contributed by atoms with van der Waals surface area (Å²) in [6.07, 6.45) is -4.67. The van der Waals surface area contributed by atoms with Gasteiger partial charge < -0.3 is 10.1 Å². The average Bonchev–Trinajstić information content (AvgIpc) is 2.34. The first-order valence-corrected chi connectivity index (χ1v) is 5.80. The van der Waals surface area contributed by atoms with E-state index in [1.165, 1.54) is 12.1 Å². The highest BCUT2D eigenvalue weighted by Crippen LogP contribution is 2.24. The van der Waals surface area contributed by atoms with Crippen LogP contribution in [-0.2, 0) is 0 Å². The Hall–Kier alpha value is -1.74. The largest absolute Gasteiger partial charge is 0.573 e. The third-order valence-corrected chi connectivity index (χ3v) is 2.56. The maximum absolute atomic E-state index is 12.0. The SMILES string of the molecule is CC(C#N)CNC(C)c1ccc(OC(F)(F)F)cc1. The molecular weight excluding hydrogens is 257 g/mol. The smallest absolute Gasteiger partial charge is 0.406 e. The number of nitrogens with one attached hydrogen (secondary N) is 1. The highest BCUT2D eigenvalue weighted by Gasteiger charge is 2.30. The van der Waals surface area contributed by atoms with Gasteiger partial charge in [0.2, 0.25) is 0 Å². The summed E-state index contributed by atoms with van der Waals surface area (Å²) in [5.41, 5.74) is 0.833. The Morgan fingerprint density at radius 2 is 1.84 bits per heavy atom. The number of ether oxygens (including phenoxy) is 1. The van der Waals surface area contributed by atoms with Crippen molar-refractivity contribution in [1.29, 1.82) is 5.26 Å². The van der Waals surface area contributed by atoms with Crippen LogP contribution in [0.5, 0.6) is 5.75 Å². The fourth-order valence-electron chi connectivity index (χ4n) is 1.48. The third kappa shape index (κ3) is 5.62. The molecule has 1 rings (SSSR count). The lowest BCUT2D eigenvalue weighted by Gasteiger charge is -2.16. The van der Waals surface area contributed by atoms with Crippen LogP contribution in [0, 0.1) is 17.2 Å². The van der Waals surface area contributed by atoms with Crippen LogP contribution in [0.15, 0.2) is 24.3 Å². The van der Waals surface area contributed by atoms with E-state index < -0.39 is 6.36 Å². The Labute approximate surface area is 110 Å². The van der Waals surface area contributed by atoms with Crippen molar-refractivity contribution < 1.29 is 17.9 Å². The molecule has 0 fully saturated rings. The number of halogens is 3. The first-order valence-electron chi connectivity index (χ1n) is 5.80. The van der Waals surface area contributed by atoms with Gasteiger partial charge >= 0.3 is 6.36 Å². The van der Waals surface area contributed by atoms with Gasteiger partial charge in [0, 0.05) is 12.6 Å². The van der Waals surface area contributed by atoms with Crippen LogP contribution in [-0.4, -0.2) is 12.9 Å². The van der Waals surface area contributed by atoms with E-state index in [1.807, 2.05) is 6.92 Å². The van der Waals surface area contributed by atoms with Crippen LogP contribution in [0.25, 0.3) is 0 Å². The summed E-state index contributed by atoms with van der Waals surface area (Å²) in [5, 5.41) is 11.8. The zero-order valence-corrected chi connectivity index (χ0v) is 10.7. The van der Waals surface area contributed by atoms with Crippen LogP contribution >= 0.6 is 0 Å². The highest BCUT2D eigenvalue weighted by molar-refractivity contribution is 5.29. The molecule has 2 unspecified atom stereocenters. The molecule has 0 aromatic heterocycles. The van der Waals surface area contributed by atoms with Crippen LogP contribution in [0.2, 0.25) is 0 Å². The van der Waals surface area contributed by atoms with E-state index in [0.29, 0.717) is 6.54 Å². The van der Waals surface area contributed by atoms with Gasteiger partial charge in [0.1, 0.15) is 5.75 Å². The highest BCUT2D eigenvalue weighted by atomic mass is 19.4. The number of hydrogen-bond donors (Lipinski definition) is 1. The second kappa shape index (κ2) is 6.43. The predicted molar refractivity (Wildman–Crippen MR) is 64.3 cm³/mol. The molecule has 0 spiro atoms. The quantitative estimate of drug-likeness (QED) is 0.893. The van der Waals surface area contributed by atoms with Gasteiger partial charge in [-0.15, -0.1) is 13.2 Å². The fraction of sp³-hybridized carbons (Fsp3) is 0.462. The summed E-state index contributed by atoms with van der Waals surface area (Å²) in [6, 6.07) is 7.73. The molecule has 0 aliphatic rings. The Balaban J connectivity index is 2.58. The molecule has 2 atom stereocenters. The lowest BCUT2D eigenvalue weighted by Crippen LogP contribution is -2.23. The minimum atomic E-state index is -4.67. The number of nitrogens with zero attached hydrogens (tertiary/aromatic N) is 1. The number of rotatable bonds is 5. The molecule has 6 heteroatoms. The molecule has 0 radical (unpaired) electrons. The van der Waals surface area contributed by atoms with E-state index in [-0.39, 0.29) is 17.7 Å². The molecular formula is C13H15F3N2O. The second-order valence-corrected chi connectivity index (χ2v) is 4.28. The molecule has 0 saturated heterocycles. The van der Waals surface area contributed by atoms with Gasteiger partial charge in [0.05, 0.1) is 12.0 Å². The van der Waals surface area contributed by atoms with Gasteiger partial charge in [-0.05, 0) is 31.5 Å². The van der Waals surface area contributed by atoms with E-state index in [4.69, 9.17) is 5.26 Å². The first-order chi connectivity index (χ1) is 8.81. The molecule has 0 bridgehead atoms. The lowest BCUT2D eigenvalue weighted by atomic mass is 10.1. The Kier molecular flexibility index (Phi) is 5.19. The Morgan fingerprint density at radius 1 is 1.26 bits per heavy atom. The van der Waals surface area contributed by atoms with Gasteiger partial charge in [-0.1, -0.05) is 12.1 Å². The number of nitriles is 1. The molecule has 0 aliphatic carbocycles. The summed E-state index contributed by atoms with van der Waals surface area (Å²) in [4.78, 5) is 0. The summed E-state index contributed by atoms with van der Waals surface area (Å²) >= 11 is 0. The van der Waals surface area contributed by atoms with Crippen molar-refractivity contribution in [3.63, 3.8) is 0 Å². The molecule has 0 saturated carbocycles. The molecule has 0 amide bonds. The summed E-state index contributed by atoms with van der Waals surface area (Å²) in [7, 11) is 0. The Morgan fingerprint density at radius 3 is 2.32 bits per heavy atom. The van der Waals surface area contributed by atoms with Crippen LogP contribution in [0.4, 0.5) is 13.2 Å². The van der Waals surface area contributed by atoms with E-state index in [0.717, 1.165) is 5.56 Å². The lowest BCUT2D eigenvalue weighted by molar-refractivity contribution is -0.274. The number of benzene rings is 1. The summed E-state index contributed by atoms with van der Waals surface area (Å²) < 4.78 is 39.7. The van der Waals surface area contributed by atoms with E-state index >= 15 is 0 Å². The molecule has 1 aromatic carbocycles. The first kappa shape index (κ1) is 15.3. The zero-order valence-electron chi connectivity index (χ0n) is 10.7. The van der Waals surface area contributed by atoms with Gasteiger partial charge in [-0.25, -0.2) is 0 Å². The van der Waals surface area contributed by atoms with Crippen LogP contribution in [0.3, 0.4) is 0 Å². The van der Waals surface area contributed by atoms with Crippen molar-refractivity contribution in [2.45, 2.75) is 26.3 Å². The van der Waals surface area contributed by atoms with E-state index in [9.17, 15) is 13.2 Å². The summed E-state index contributed by atoms with van der Waals surface area (Å²) in [6.45, 7) is 4.20. The topological polar surface area (TPSA) is 45.0 Å². The minimum absolute atomic E-state index is 0.0456. The van der Waals surface area contributed by atoms with Gasteiger partial charge in [0.25, 0.3) is 0 Å². The average molecular weight is 272 g/mol. The monoisotopic (exact) mass is 272 g/mol. The molecule has 3 nitrogen and oxygen atoms in total. The third-order valence-electron chi connectivity index (χ3n) is 2.56. The van der Waals surface area contributed by atoms with Gasteiger partial charge in [0.15, 0.2) is 0 Å². The van der Waals surface area contributed by atoms with Crippen molar-refractivity contribution in [2.24, 2.45) is 5.92 Å². The standard InChI is InChI=1S/C13H15F3N2O/c1-9(7-17)8-18-10(2)11-3-5-12(6-4-11)19-13(14,15)16/h3-6,9-10,18H,8H2,1-2H3. The van der Waals surface area contributed by atoms with Gasteiger partial charge in [-0.2, -0.15) is 5.26 Å². The van der Waals surface area contributed by atoms with Crippen LogP contribution in [0.1, 0.15) is 25.5 Å². The molecule has 1 aromatic rings. The van der Waals surface area contributed by atoms with Crippen molar-refractivity contribution in [3.05, 3.63) is 29.8 Å². The van der Waals surface area contributed by atoms with Crippen LogP contribution < -0.4 is 10.1 Å². The van der Waals surface area contributed by atoms with E-state index in [2.05, 4.69) is 16.1 Å².